The van der Waals surface area contributed by atoms with Crippen LogP contribution >= 0.6 is 0 Å². The van der Waals surface area contributed by atoms with Gasteiger partial charge in [0.15, 0.2) is 23.3 Å². The fraction of sp³-hybridized carbons (Fsp3) is 0.536. The first-order chi connectivity index (χ1) is 19.5. The van der Waals surface area contributed by atoms with Crippen molar-refractivity contribution >= 4 is 23.4 Å². The summed E-state index contributed by atoms with van der Waals surface area (Å²) in [6.45, 7) is 11.3. The van der Waals surface area contributed by atoms with E-state index in [0.717, 1.165) is 77.1 Å². The molecule has 12 heteroatoms. The molecule has 0 radical (unpaired) electrons. The van der Waals surface area contributed by atoms with Crippen LogP contribution in [0.4, 0.5) is 5.69 Å². The van der Waals surface area contributed by atoms with Gasteiger partial charge < -0.3 is 42.0 Å². The second kappa shape index (κ2) is 13.2. The Morgan fingerprint density at radius 3 is 2.73 bits per heavy atom. The number of hydrogen-bond acceptors (Lipinski definition) is 9. The molecule has 0 bridgehead atoms. The minimum absolute atomic E-state index is 0.0206. The number of guanidine groups is 1. The van der Waals surface area contributed by atoms with Crippen molar-refractivity contribution in [3.63, 3.8) is 0 Å². The number of nitrogens with zero attached hydrogens (tertiary/aromatic N) is 3. The Kier molecular flexibility index (Phi) is 9.19. The molecule has 0 atom stereocenters. The van der Waals surface area contributed by atoms with E-state index in [1.165, 1.54) is 0 Å². The maximum Gasteiger partial charge on any atom is 0.251 e. The molecule has 5 rings (SSSR count). The van der Waals surface area contributed by atoms with Crippen LogP contribution in [0.25, 0.3) is 0 Å². The summed E-state index contributed by atoms with van der Waals surface area (Å²) in [6.07, 6.45) is 7.17. The average Bonchev–Trinajstić information content (AvgIpc) is 2.96. The standard InChI is InChI=1S/C28H42N10O2/c1-19-35-26-25(18-38(19)22-6-4-21(5-7-22)32-9-2-10-34-28(29)30)40-24-8-3-20(17-23(24)36-26)27(39)33-13-16-37-14-11-31-12-15-37/h3,8,17-18,21-22,31-32H,1-2,4-7,9-16H2,(H,33,39)(H,35,36)(H4,29,30,34). The van der Waals surface area contributed by atoms with Crippen molar-refractivity contribution in [3.05, 3.63) is 48.1 Å². The van der Waals surface area contributed by atoms with E-state index in [-0.39, 0.29) is 11.9 Å². The second-order valence-electron chi connectivity index (χ2n) is 10.7. The van der Waals surface area contributed by atoms with E-state index in [0.29, 0.717) is 53.9 Å². The molecule has 0 aromatic heterocycles. The monoisotopic (exact) mass is 550 g/mol. The van der Waals surface area contributed by atoms with Crippen LogP contribution in [0.5, 0.6) is 5.75 Å². The van der Waals surface area contributed by atoms with E-state index in [4.69, 9.17) is 20.9 Å². The zero-order chi connectivity index (χ0) is 27.9. The van der Waals surface area contributed by atoms with E-state index in [9.17, 15) is 4.79 Å². The molecule has 1 saturated carbocycles. The van der Waals surface area contributed by atoms with Crippen molar-refractivity contribution in [3.8, 4) is 5.75 Å². The van der Waals surface area contributed by atoms with Gasteiger partial charge in [0.1, 0.15) is 5.82 Å². The minimum atomic E-state index is -0.0972. The van der Waals surface area contributed by atoms with Crippen molar-refractivity contribution < 1.29 is 9.53 Å². The van der Waals surface area contributed by atoms with E-state index in [1.807, 2.05) is 18.3 Å². The number of carbonyl (C=O) groups is 1. The number of hydrogen-bond donors (Lipinski definition) is 7. The molecule has 8 N–H and O–H groups in total. The van der Waals surface area contributed by atoms with Gasteiger partial charge in [0.2, 0.25) is 0 Å². The average molecular weight is 551 g/mol. The molecule has 12 nitrogen and oxygen atoms in total. The number of amides is 1. The lowest BCUT2D eigenvalue weighted by Gasteiger charge is -2.39. The van der Waals surface area contributed by atoms with Crippen LogP contribution in [-0.4, -0.2) is 91.9 Å². The van der Waals surface area contributed by atoms with Crippen LogP contribution in [-0.2, 0) is 0 Å². The molecular weight excluding hydrogens is 508 g/mol. The summed E-state index contributed by atoms with van der Waals surface area (Å²) >= 11 is 0. The van der Waals surface area contributed by atoms with Crippen molar-refractivity contribution in [2.45, 2.75) is 44.2 Å². The Hall–Kier alpha value is -3.61. The van der Waals surface area contributed by atoms with Crippen LogP contribution in [0.2, 0.25) is 0 Å². The predicted molar refractivity (Wildman–Crippen MR) is 157 cm³/mol. The lowest BCUT2D eigenvalue weighted by molar-refractivity contribution is 0.0947. The third-order valence-corrected chi connectivity index (χ3v) is 7.86. The van der Waals surface area contributed by atoms with E-state index >= 15 is 0 Å². The van der Waals surface area contributed by atoms with Crippen molar-refractivity contribution in [2.75, 3.05) is 57.7 Å². The van der Waals surface area contributed by atoms with Crippen LogP contribution < -0.4 is 37.1 Å². The number of anilines is 1. The lowest BCUT2D eigenvalue weighted by atomic mass is 9.90. The first-order valence-electron chi connectivity index (χ1n) is 14.4. The van der Waals surface area contributed by atoms with Gasteiger partial charge in [0.05, 0.1) is 11.9 Å². The van der Waals surface area contributed by atoms with Gasteiger partial charge >= 0.3 is 0 Å². The third kappa shape index (κ3) is 7.12. The van der Waals surface area contributed by atoms with Crippen LogP contribution in [0, 0.1) is 5.41 Å². The molecule has 1 amide bonds. The maximum atomic E-state index is 12.8. The highest BCUT2D eigenvalue weighted by Gasteiger charge is 2.31. The molecule has 0 spiro atoms. The van der Waals surface area contributed by atoms with Crippen molar-refractivity contribution in [1.82, 2.24) is 31.1 Å². The van der Waals surface area contributed by atoms with Crippen molar-refractivity contribution in [1.29, 1.82) is 5.41 Å². The summed E-state index contributed by atoms with van der Waals surface area (Å²) in [4.78, 5) is 22.0. The smallest absolute Gasteiger partial charge is 0.251 e. The highest BCUT2D eigenvalue weighted by molar-refractivity contribution is 6.11. The van der Waals surface area contributed by atoms with Crippen LogP contribution in [0.3, 0.4) is 0 Å². The quantitative estimate of drug-likeness (QED) is 0.128. The number of piperazine rings is 1. The molecule has 1 aliphatic carbocycles. The van der Waals surface area contributed by atoms with Crippen LogP contribution in [0.1, 0.15) is 42.5 Å². The van der Waals surface area contributed by atoms with Gasteiger partial charge in [0, 0.05) is 63.5 Å². The highest BCUT2D eigenvalue weighted by atomic mass is 16.5. The summed E-state index contributed by atoms with van der Waals surface area (Å²) in [7, 11) is 0. The Labute approximate surface area is 236 Å². The number of amidine groups is 1. The fourth-order valence-electron chi connectivity index (χ4n) is 5.63. The Morgan fingerprint density at radius 1 is 1.15 bits per heavy atom. The van der Waals surface area contributed by atoms with Gasteiger partial charge in [-0.25, -0.2) is 4.99 Å². The van der Waals surface area contributed by atoms with Crippen LogP contribution in [0.15, 0.2) is 47.6 Å². The molecular formula is C28H42N10O2. The SMILES string of the molecule is C=C1N=C2Nc3cc(C(=O)NCCN4CCNCC4)ccc3OC2=CN1C1CCC(NCCCNC(=N)N)CC1. The first kappa shape index (κ1) is 27.9. The molecule has 3 aliphatic heterocycles. The third-order valence-electron chi connectivity index (χ3n) is 7.86. The maximum absolute atomic E-state index is 12.8. The van der Waals surface area contributed by atoms with Gasteiger partial charge in [-0.05, 0) is 56.8 Å². The number of aliphatic imine (C=N–C) groups is 1. The molecule has 4 aliphatic rings. The summed E-state index contributed by atoms with van der Waals surface area (Å²) in [5, 5.41) is 23.4. The Morgan fingerprint density at radius 2 is 1.95 bits per heavy atom. The summed E-state index contributed by atoms with van der Waals surface area (Å²) in [5.41, 5.74) is 6.63. The fourth-order valence-corrected chi connectivity index (χ4v) is 5.63. The number of nitrogens with one attached hydrogen (secondary N) is 6. The molecule has 1 aromatic rings. The molecule has 216 valence electrons. The highest BCUT2D eigenvalue weighted by Crippen LogP contribution is 2.36. The summed E-state index contributed by atoms with van der Waals surface area (Å²) in [6, 6.07) is 6.26. The normalized spacial score (nSPS) is 22.6. The van der Waals surface area contributed by atoms with E-state index < -0.39 is 0 Å². The number of rotatable bonds is 10. The number of carbonyl (C=O) groups excluding carboxylic acids is 1. The van der Waals surface area contributed by atoms with Gasteiger partial charge in [-0.3, -0.25) is 15.1 Å². The molecule has 3 heterocycles. The molecule has 1 saturated heterocycles. The Balaban J connectivity index is 1.12. The number of fused-ring (bicyclic) bond motifs is 2. The molecule has 1 aromatic carbocycles. The van der Waals surface area contributed by atoms with E-state index in [1.54, 1.807) is 6.07 Å². The zero-order valence-corrected chi connectivity index (χ0v) is 23.1. The summed E-state index contributed by atoms with van der Waals surface area (Å²) < 4.78 is 6.21. The number of ether oxygens (including phenoxy) is 1. The Bertz CT molecular complexity index is 1150. The van der Waals surface area contributed by atoms with Gasteiger partial charge in [-0.1, -0.05) is 6.58 Å². The summed E-state index contributed by atoms with van der Waals surface area (Å²) in [5.74, 6) is 2.55. The predicted octanol–water partition coefficient (Wildman–Crippen LogP) is 0.927. The number of nitrogens with two attached hydrogens (primary N) is 1. The first-order valence-corrected chi connectivity index (χ1v) is 14.4. The van der Waals surface area contributed by atoms with Gasteiger partial charge in [-0.2, -0.15) is 0 Å². The second-order valence-corrected chi connectivity index (χ2v) is 10.7. The number of benzene rings is 1. The topological polar surface area (TPSA) is 155 Å². The molecule has 0 unspecified atom stereocenters. The lowest BCUT2D eigenvalue weighted by Crippen LogP contribution is -2.46. The van der Waals surface area contributed by atoms with E-state index in [2.05, 4.69) is 43.0 Å². The minimum Gasteiger partial charge on any atom is -0.450 e. The van der Waals surface area contributed by atoms with Gasteiger partial charge in [0.25, 0.3) is 5.91 Å². The van der Waals surface area contributed by atoms with Crippen molar-refractivity contribution in [2.24, 2.45) is 10.7 Å². The molecule has 2 fully saturated rings. The van der Waals surface area contributed by atoms with Gasteiger partial charge in [-0.15, -0.1) is 0 Å². The molecule has 40 heavy (non-hydrogen) atoms. The zero-order valence-electron chi connectivity index (χ0n) is 23.1. The largest absolute Gasteiger partial charge is 0.450 e.